The van der Waals surface area contributed by atoms with Crippen LogP contribution in [0.3, 0.4) is 0 Å². The van der Waals surface area contributed by atoms with Gasteiger partial charge in [0, 0.05) is 0 Å². The van der Waals surface area contributed by atoms with Gasteiger partial charge >= 0.3 is 0 Å². The van der Waals surface area contributed by atoms with Gasteiger partial charge in [0.2, 0.25) is 0 Å². The first kappa shape index (κ1) is 16.5. The van der Waals surface area contributed by atoms with Crippen LogP contribution in [-0.2, 0) is 9.84 Å². The molecule has 0 aromatic rings. The zero-order valence-electron chi connectivity index (χ0n) is 12.8. The lowest BCUT2D eigenvalue weighted by molar-refractivity contribution is 0.166. The zero-order chi connectivity index (χ0) is 14.8. The second kappa shape index (κ2) is 5.83. The molecule has 0 N–H and O–H groups in total. The van der Waals surface area contributed by atoms with Crippen molar-refractivity contribution >= 4 is 9.84 Å². The molecule has 110 valence electrons. The van der Waals surface area contributed by atoms with Crippen molar-refractivity contribution in [2.45, 2.75) is 70.8 Å². The lowest BCUT2D eigenvalue weighted by atomic mass is 9.70. The van der Waals surface area contributed by atoms with Crippen molar-refractivity contribution < 1.29 is 8.42 Å². The van der Waals surface area contributed by atoms with E-state index in [1.54, 1.807) is 6.92 Å². The smallest absolute Gasteiger partial charge is 0.157 e. The highest BCUT2D eigenvalue weighted by Gasteiger charge is 2.43. The van der Waals surface area contributed by atoms with Crippen LogP contribution in [0.5, 0.6) is 0 Å². The third-order valence-electron chi connectivity index (χ3n) is 4.74. The maximum atomic E-state index is 12.6. The first-order chi connectivity index (χ1) is 8.64. The minimum atomic E-state index is -3.19. The molecule has 4 heteroatoms. The Balaban J connectivity index is 3.04. The Kier molecular flexibility index (Phi) is 5.06. The first-order valence-electron chi connectivity index (χ1n) is 7.26. The van der Waals surface area contributed by atoms with Crippen molar-refractivity contribution in [3.05, 3.63) is 0 Å². The van der Waals surface area contributed by atoms with Gasteiger partial charge in [-0.25, -0.2) is 8.42 Å². The molecule has 4 atom stereocenters. The molecule has 0 bridgehead atoms. The van der Waals surface area contributed by atoms with Crippen LogP contribution in [0.15, 0.2) is 0 Å². The molecule has 1 aliphatic rings. The molecule has 0 aliphatic heterocycles. The highest BCUT2D eigenvalue weighted by atomic mass is 32.2. The lowest BCUT2D eigenvalue weighted by Crippen LogP contribution is -2.42. The summed E-state index contributed by atoms with van der Waals surface area (Å²) in [5.74, 6) is 0.0681. The fourth-order valence-electron chi connectivity index (χ4n) is 2.96. The minimum absolute atomic E-state index is 0.115. The summed E-state index contributed by atoms with van der Waals surface area (Å²) in [5.41, 5.74) is 0.115. The van der Waals surface area contributed by atoms with Crippen molar-refractivity contribution in [1.29, 1.82) is 5.26 Å². The number of nitrogens with zero attached hydrogens (tertiary/aromatic N) is 1. The Labute approximate surface area is 118 Å². The molecule has 0 saturated heterocycles. The van der Waals surface area contributed by atoms with E-state index >= 15 is 0 Å². The fraction of sp³-hybridized carbons (Fsp3) is 0.933. The van der Waals surface area contributed by atoms with Crippen molar-refractivity contribution in [2.24, 2.45) is 17.3 Å². The second-order valence-corrected chi connectivity index (χ2v) is 9.55. The van der Waals surface area contributed by atoms with Crippen LogP contribution < -0.4 is 0 Å². The largest absolute Gasteiger partial charge is 0.228 e. The van der Waals surface area contributed by atoms with E-state index < -0.39 is 15.1 Å². The predicted molar refractivity (Wildman–Crippen MR) is 78.4 cm³/mol. The Hall–Kier alpha value is -0.560. The van der Waals surface area contributed by atoms with Gasteiger partial charge in [0.1, 0.15) is 0 Å². The van der Waals surface area contributed by atoms with E-state index in [1.165, 1.54) is 0 Å². The zero-order valence-corrected chi connectivity index (χ0v) is 13.6. The maximum Gasteiger partial charge on any atom is 0.157 e. The minimum Gasteiger partial charge on any atom is -0.228 e. The fourth-order valence-corrected chi connectivity index (χ4v) is 5.17. The van der Waals surface area contributed by atoms with Crippen molar-refractivity contribution in [3.8, 4) is 6.07 Å². The maximum absolute atomic E-state index is 12.6. The summed E-state index contributed by atoms with van der Waals surface area (Å²) in [4.78, 5) is 0. The van der Waals surface area contributed by atoms with Crippen molar-refractivity contribution in [1.82, 2.24) is 0 Å². The summed E-state index contributed by atoms with van der Waals surface area (Å²) in [6.45, 7) is 10.2. The number of sulfone groups is 1. The topological polar surface area (TPSA) is 57.9 Å². The van der Waals surface area contributed by atoms with E-state index in [2.05, 4.69) is 26.8 Å². The van der Waals surface area contributed by atoms with Gasteiger partial charge in [-0.05, 0) is 43.9 Å². The summed E-state index contributed by atoms with van der Waals surface area (Å²) < 4.78 is 25.2. The number of rotatable bonds is 3. The van der Waals surface area contributed by atoms with E-state index in [4.69, 9.17) is 0 Å². The van der Waals surface area contributed by atoms with Crippen LogP contribution in [0.1, 0.15) is 60.3 Å². The van der Waals surface area contributed by atoms with Gasteiger partial charge in [-0.1, -0.05) is 27.7 Å². The lowest BCUT2D eigenvalue weighted by Gasteiger charge is -2.40. The summed E-state index contributed by atoms with van der Waals surface area (Å²) in [5, 5.41) is 8.45. The Morgan fingerprint density at radius 3 is 2.32 bits per heavy atom. The third kappa shape index (κ3) is 3.51. The van der Waals surface area contributed by atoms with Crippen molar-refractivity contribution in [3.63, 3.8) is 0 Å². The molecule has 0 spiro atoms. The van der Waals surface area contributed by atoms with Gasteiger partial charge in [-0.2, -0.15) is 5.26 Å². The summed E-state index contributed by atoms with van der Waals surface area (Å²) >= 11 is 0. The van der Waals surface area contributed by atoms with Gasteiger partial charge in [0.25, 0.3) is 0 Å². The normalized spacial score (nSPS) is 30.6. The molecule has 1 rings (SSSR count). The van der Waals surface area contributed by atoms with Crippen LogP contribution >= 0.6 is 0 Å². The Morgan fingerprint density at radius 1 is 1.32 bits per heavy atom. The van der Waals surface area contributed by atoms with E-state index in [0.717, 1.165) is 12.8 Å². The molecule has 0 aromatic heterocycles. The Morgan fingerprint density at radius 2 is 1.89 bits per heavy atom. The first-order valence-corrected chi connectivity index (χ1v) is 8.87. The van der Waals surface area contributed by atoms with Crippen LogP contribution in [0.4, 0.5) is 0 Å². The summed E-state index contributed by atoms with van der Waals surface area (Å²) in [7, 11) is -3.19. The molecule has 3 nitrogen and oxygen atoms in total. The van der Waals surface area contributed by atoms with Crippen LogP contribution in [-0.4, -0.2) is 18.9 Å². The monoisotopic (exact) mass is 285 g/mol. The summed E-state index contributed by atoms with van der Waals surface area (Å²) in [6, 6.07) is 2.23. The standard InChI is InChI=1S/C15H27NO2S/c1-6-11(2)19(17,18)14-9-13(15(3,4)5)8-7-12(14)10-16/h11-14H,6-9H2,1-5H3. The van der Waals surface area contributed by atoms with Gasteiger partial charge in [-0.15, -0.1) is 0 Å². The van der Waals surface area contributed by atoms with Gasteiger partial charge in [0.15, 0.2) is 9.84 Å². The van der Waals surface area contributed by atoms with E-state index in [0.29, 0.717) is 18.8 Å². The van der Waals surface area contributed by atoms with E-state index in [9.17, 15) is 13.7 Å². The molecule has 0 aromatic carbocycles. The molecular formula is C15H27NO2S. The number of nitriles is 1. The molecule has 19 heavy (non-hydrogen) atoms. The van der Waals surface area contributed by atoms with Crippen LogP contribution in [0.25, 0.3) is 0 Å². The molecule has 0 amide bonds. The predicted octanol–water partition coefficient (Wildman–Crippen LogP) is 3.55. The average molecular weight is 285 g/mol. The molecule has 0 radical (unpaired) electrons. The highest BCUT2D eigenvalue weighted by molar-refractivity contribution is 7.92. The number of hydrogen-bond donors (Lipinski definition) is 0. The summed E-state index contributed by atoms with van der Waals surface area (Å²) in [6.07, 6.45) is 2.96. The molecular weight excluding hydrogens is 258 g/mol. The Bertz CT molecular complexity index is 442. The van der Waals surface area contributed by atoms with Crippen molar-refractivity contribution in [2.75, 3.05) is 0 Å². The quantitative estimate of drug-likeness (QED) is 0.796. The molecule has 1 fully saturated rings. The number of hydrogen-bond acceptors (Lipinski definition) is 3. The molecule has 1 saturated carbocycles. The average Bonchev–Trinajstić information content (AvgIpc) is 2.35. The van der Waals surface area contributed by atoms with Gasteiger partial charge in [-0.3, -0.25) is 0 Å². The second-order valence-electron chi connectivity index (χ2n) is 6.96. The van der Waals surface area contributed by atoms with Crippen LogP contribution in [0, 0.1) is 28.6 Å². The SMILES string of the molecule is CCC(C)S(=O)(=O)C1CC(C(C)(C)C)CCC1C#N. The molecule has 4 unspecified atom stereocenters. The van der Waals surface area contributed by atoms with Gasteiger partial charge in [0.05, 0.1) is 22.5 Å². The van der Waals surface area contributed by atoms with E-state index in [1.807, 2.05) is 6.92 Å². The molecule has 0 heterocycles. The molecule has 1 aliphatic carbocycles. The van der Waals surface area contributed by atoms with Crippen LogP contribution in [0.2, 0.25) is 0 Å². The third-order valence-corrected chi connectivity index (χ3v) is 7.56. The van der Waals surface area contributed by atoms with E-state index in [-0.39, 0.29) is 16.6 Å². The van der Waals surface area contributed by atoms with Gasteiger partial charge < -0.3 is 0 Å². The highest BCUT2D eigenvalue weighted by Crippen LogP contribution is 2.42.